The third kappa shape index (κ3) is 3.98. The van der Waals surface area contributed by atoms with E-state index in [9.17, 15) is 0 Å². The second-order valence-corrected chi connectivity index (χ2v) is 6.39. The van der Waals surface area contributed by atoms with Gasteiger partial charge in [0.05, 0.1) is 12.7 Å². The number of rotatable bonds is 5. The van der Waals surface area contributed by atoms with Crippen molar-refractivity contribution in [2.24, 2.45) is 17.8 Å². The average molecular weight is 291 g/mol. The Labute approximate surface area is 128 Å². The Kier molecular flexibility index (Phi) is 5.65. The fraction of sp³-hybridized carbons (Fsp3) is 0.667. The van der Waals surface area contributed by atoms with Gasteiger partial charge in [-0.05, 0) is 42.4 Å². The summed E-state index contributed by atoms with van der Waals surface area (Å²) in [6.45, 7) is 9.73. The van der Waals surface area contributed by atoms with Crippen molar-refractivity contribution in [1.82, 2.24) is 0 Å². The molecule has 3 nitrogen and oxygen atoms in total. The minimum absolute atomic E-state index is 0.0741. The van der Waals surface area contributed by atoms with Gasteiger partial charge in [-0.3, -0.25) is 0 Å². The maximum atomic E-state index is 6.15. The van der Waals surface area contributed by atoms with E-state index in [0.717, 1.165) is 18.5 Å². The van der Waals surface area contributed by atoms with Gasteiger partial charge < -0.3 is 15.2 Å². The lowest BCUT2D eigenvalue weighted by atomic mass is 9.78. The highest BCUT2D eigenvalue weighted by atomic mass is 16.7. The van der Waals surface area contributed by atoms with E-state index in [1.807, 2.05) is 12.1 Å². The summed E-state index contributed by atoms with van der Waals surface area (Å²) in [7, 11) is 0. The van der Waals surface area contributed by atoms with Gasteiger partial charge in [-0.15, -0.1) is 0 Å². The van der Waals surface area contributed by atoms with Gasteiger partial charge >= 0.3 is 0 Å². The molecule has 0 radical (unpaired) electrons. The second-order valence-electron chi connectivity index (χ2n) is 6.39. The SMILES string of the molecule is CCC1OC(OCCc2ccc(N)cc2)C(C)C(C)C1C. The Morgan fingerprint density at radius 3 is 2.33 bits per heavy atom. The largest absolute Gasteiger partial charge is 0.399 e. The molecule has 5 atom stereocenters. The Hall–Kier alpha value is -1.06. The third-order valence-corrected chi connectivity index (χ3v) is 5.04. The van der Waals surface area contributed by atoms with Crippen molar-refractivity contribution in [3.63, 3.8) is 0 Å². The van der Waals surface area contributed by atoms with Crippen LogP contribution in [0.5, 0.6) is 0 Å². The van der Waals surface area contributed by atoms with E-state index in [0.29, 0.717) is 30.5 Å². The summed E-state index contributed by atoms with van der Waals surface area (Å²) >= 11 is 0. The molecule has 1 heterocycles. The molecule has 0 saturated carbocycles. The Morgan fingerprint density at radius 2 is 1.71 bits per heavy atom. The topological polar surface area (TPSA) is 44.5 Å². The van der Waals surface area contributed by atoms with E-state index in [1.165, 1.54) is 5.56 Å². The van der Waals surface area contributed by atoms with Crippen LogP contribution in [0.25, 0.3) is 0 Å². The van der Waals surface area contributed by atoms with Crippen molar-refractivity contribution in [3.8, 4) is 0 Å². The van der Waals surface area contributed by atoms with Crippen LogP contribution in [0.3, 0.4) is 0 Å². The Balaban J connectivity index is 1.85. The van der Waals surface area contributed by atoms with Gasteiger partial charge in [-0.25, -0.2) is 0 Å². The van der Waals surface area contributed by atoms with Gasteiger partial charge in [0.25, 0.3) is 0 Å². The van der Waals surface area contributed by atoms with E-state index < -0.39 is 0 Å². The minimum atomic E-state index is -0.0741. The molecule has 1 aliphatic heterocycles. The molecular weight excluding hydrogens is 262 g/mol. The molecule has 2 rings (SSSR count). The fourth-order valence-electron chi connectivity index (χ4n) is 3.12. The molecule has 0 aliphatic carbocycles. The number of hydrogen-bond acceptors (Lipinski definition) is 3. The number of benzene rings is 1. The molecule has 0 bridgehead atoms. The van der Waals surface area contributed by atoms with Crippen LogP contribution in [0.2, 0.25) is 0 Å². The van der Waals surface area contributed by atoms with E-state index in [2.05, 4.69) is 39.8 Å². The predicted molar refractivity (Wildman–Crippen MR) is 87.0 cm³/mol. The standard InChI is InChI=1S/C18H29NO2/c1-5-17-13(3)12(2)14(4)18(21-17)20-11-10-15-6-8-16(19)9-7-15/h6-9,12-14,17-18H,5,10-11,19H2,1-4H3. The van der Waals surface area contributed by atoms with Crippen molar-refractivity contribution in [1.29, 1.82) is 0 Å². The van der Waals surface area contributed by atoms with Crippen molar-refractivity contribution < 1.29 is 9.47 Å². The molecule has 1 aromatic carbocycles. The highest BCUT2D eigenvalue weighted by molar-refractivity contribution is 5.39. The lowest BCUT2D eigenvalue weighted by Gasteiger charge is -2.43. The first kappa shape index (κ1) is 16.3. The minimum Gasteiger partial charge on any atom is -0.399 e. The van der Waals surface area contributed by atoms with Gasteiger partial charge in [0.2, 0.25) is 0 Å². The van der Waals surface area contributed by atoms with Crippen LogP contribution in [0, 0.1) is 17.8 Å². The smallest absolute Gasteiger partial charge is 0.160 e. The summed E-state index contributed by atoms with van der Waals surface area (Å²) in [6.07, 6.45) is 2.19. The second kappa shape index (κ2) is 7.28. The van der Waals surface area contributed by atoms with Crippen molar-refractivity contribution in [2.75, 3.05) is 12.3 Å². The summed E-state index contributed by atoms with van der Waals surface area (Å²) in [5, 5.41) is 0. The summed E-state index contributed by atoms with van der Waals surface area (Å²) in [4.78, 5) is 0. The molecule has 1 aromatic rings. The van der Waals surface area contributed by atoms with Crippen LogP contribution < -0.4 is 5.73 Å². The molecule has 3 heteroatoms. The van der Waals surface area contributed by atoms with Crippen molar-refractivity contribution in [3.05, 3.63) is 29.8 Å². The van der Waals surface area contributed by atoms with Crippen LogP contribution in [-0.4, -0.2) is 19.0 Å². The van der Waals surface area contributed by atoms with Gasteiger partial charge in [0.15, 0.2) is 6.29 Å². The van der Waals surface area contributed by atoms with Gasteiger partial charge in [0, 0.05) is 11.6 Å². The van der Waals surface area contributed by atoms with Gasteiger partial charge in [-0.1, -0.05) is 39.8 Å². The molecule has 1 fully saturated rings. The molecule has 0 amide bonds. The molecular formula is C18H29NO2. The summed E-state index contributed by atoms with van der Waals surface area (Å²) < 4.78 is 12.2. The van der Waals surface area contributed by atoms with E-state index in [1.54, 1.807) is 0 Å². The van der Waals surface area contributed by atoms with Crippen LogP contribution >= 0.6 is 0 Å². The molecule has 118 valence electrons. The first-order valence-electron chi connectivity index (χ1n) is 8.14. The average Bonchev–Trinajstić information content (AvgIpc) is 2.49. The Morgan fingerprint density at radius 1 is 1.05 bits per heavy atom. The molecule has 5 unspecified atom stereocenters. The maximum Gasteiger partial charge on any atom is 0.160 e. The number of ether oxygens (including phenoxy) is 2. The normalized spacial score (nSPS) is 33.0. The zero-order chi connectivity index (χ0) is 15.4. The maximum absolute atomic E-state index is 6.15. The first-order valence-corrected chi connectivity index (χ1v) is 8.14. The molecule has 0 aromatic heterocycles. The van der Waals surface area contributed by atoms with Crippen LogP contribution in [0.15, 0.2) is 24.3 Å². The summed E-state index contributed by atoms with van der Waals surface area (Å²) in [5.74, 6) is 1.67. The first-order chi connectivity index (χ1) is 10.0. The molecule has 1 aliphatic rings. The fourth-order valence-corrected chi connectivity index (χ4v) is 3.12. The Bertz CT molecular complexity index is 429. The molecule has 0 spiro atoms. The molecule has 1 saturated heterocycles. The quantitative estimate of drug-likeness (QED) is 0.838. The monoisotopic (exact) mass is 291 g/mol. The highest BCUT2D eigenvalue weighted by Crippen LogP contribution is 2.36. The van der Waals surface area contributed by atoms with Crippen LogP contribution in [0.4, 0.5) is 5.69 Å². The van der Waals surface area contributed by atoms with E-state index >= 15 is 0 Å². The number of nitrogen functional groups attached to an aromatic ring is 1. The molecule has 2 N–H and O–H groups in total. The van der Waals surface area contributed by atoms with Gasteiger partial charge in [-0.2, -0.15) is 0 Å². The van der Waals surface area contributed by atoms with E-state index in [-0.39, 0.29) is 6.29 Å². The summed E-state index contributed by atoms with van der Waals surface area (Å²) in [5.41, 5.74) is 7.75. The zero-order valence-corrected chi connectivity index (χ0v) is 13.7. The van der Waals surface area contributed by atoms with E-state index in [4.69, 9.17) is 15.2 Å². The van der Waals surface area contributed by atoms with Crippen LogP contribution in [0.1, 0.15) is 39.7 Å². The van der Waals surface area contributed by atoms with Gasteiger partial charge in [0.1, 0.15) is 0 Å². The predicted octanol–water partition coefficient (Wildman–Crippen LogP) is 3.87. The van der Waals surface area contributed by atoms with Crippen molar-refractivity contribution >= 4 is 5.69 Å². The third-order valence-electron chi connectivity index (χ3n) is 5.04. The lowest BCUT2D eigenvalue weighted by molar-refractivity contribution is -0.247. The lowest BCUT2D eigenvalue weighted by Crippen LogP contribution is -2.45. The number of anilines is 1. The van der Waals surface area contributed by atoms with Crippen LogP contribution in [-0.2, 0) is 15.9 Å². The zero-order valence-electron chi connectivity index (χ0n) is 13.7. The number of hydrogen-bond donors (Lipinski definition) is 1. The van der Waals surface area contributed by atoms with Crippen molar-refractivity contribution in [2.45, 2.75) is 52.9 Å². The molecule has 21 heavy (non-hydrogen) atoms. The summed E-state index contributed by atoms with van der Waals surface area (Å²) in [6, 6.07) is 7.99. The number of nitrogens with two attached hydrogens (primary N) is 1. The highest BCUT2D eigenvalue weighted by Gasteiger charge is 2.38.